The fourth-order valence-electron chi connectivity index (χ4n) is 3.10. The summed E-state index contributed by atoms with van der Waals surface area (Å²) in [7, 11) is 3.36. The van der Waals surface area contributed by atoms with Crippen LogP contribution in [0.4, 0.5) is 5.82 Å². The molecule has 0 bridgehead atoms. The number of hydrazone groups is 1. The second-order valence-corrected chi connectivity index (χ2v) is 7.49. The van der Waals surface area contributed by atoms with Gasteiger partial charge in [-0.1, -0.05) is 41.6 Å². The first-order valence-electron chi connectivity index (χ1n) is 11.1. The van der Waals surface area contributed by atoms with E-state index in [1.807, 2.05) is 30.3 Å². The Bertz CT molecular complexity index is 1030. The van der Waals surface area contributed by atoms with Crippen molar-refractivity contribution in [2.45, 2.75) is 26.2 Å². The van der Waals surface area contributed by atoms with Crippen LogP contribution in [0.2, 0.25) is 0 Å². The molecule has 1 amide bonds. The fourth-order valence-corrected chi connectivity index (χ4v) is 3.10. The molecule has 12 nitrogen and oxygen atoms in total. The van der Waals surface area contributed by atoms with E-state index in [0.29, 0.717) is 36.3 Å². The van der Waals surface area contributed by atoms with Crippen molar-refractivity contribution in [2.75, 3.05) is 39.3 Å². The standard InChI is InChI=1S/C23H31N7O5/c1-5-33-23(2,34-15-14-32-4)22(31)25-19-13-9-12-18(24-19)16-35-27-20(17-10-7-6-8-11-17)21-26-28-29-30(21)3/h6-13,28-29H,5,14-16H2,1-4H3,(H,24,25,31)/b27-20-. The molecule has 1 aliphatic heterocycles. The van der Waals surface area contributed by atoms with Gasteiger partial charge in [-0.2, -0.15) is 0 Å². The largest absolute Gasteiger partial charge is 0.389 e. The van der Waals surface area contributed by atoms with E-state index in [0.717, 1.165) is 5.56 Å². The molecule has 1 aliphatic rings. The number of hydrazine groups is 2. The molecule has 2 heterocycles. The second kappa shape index (κ2) is 12.8. The van der Waals surface area contributed by atoms with Crippen LogP contribution in [0.3, 0.4) is 0 Å². The van der Waals surface area contributed by atoms with Crippen molar-refractivity contribution in [3.63, 3.8) is 0 Å². The molecule has 3 N–H and O–H groups in total. The van der Waals surface area contributed by atoms with Crippen molar-refractivity contribution in [3.05, 3.63) is 59.8 Å². The van der Waals surface area contributed by atoms with Crippen LogP contribution >= 0.6 is 0 Å². The third kappa shape index (κ3) is 7.20. The zero-order valence-electron chi connectivity index (χ0n) is 20.3. The predicted octanol–water partition coefficient (Wildman–Crippen LogP) is 1.62. The number of hydrogen-bond donors (Lipinski definition) is 3. The van der Waals surface area contributed by atoms with Crippen LogP contribution in [-0.2, 0) is 30.4 Å². The van der Waals surface area contributed by atoms with E-state index in [4.69, 9.17) is 19.0 Å². The highest BCUT2D eigenvalue weighted by Gasteiger charge is 2.35. The number of carbonyl (C=O) groups is 1. The predicted molar refractivity (Wildman–Crippen MR) is 130 cm³/mol. The van der Waals surface area contributed by atoms with E-state index < -0.39 is 11.7 Å². The molecule has 188 valence electrons. The summed E-state index contributed by atoms with van der Waals surface area (Å²) in [6.45, 7) is 4.25. The molecule has 0 fully saturated rings. The fraction of sp³-hybridized carbons (Fsp3) is 0.391. The van der Waals surface area contributed by atoms with Crippen LogP contribution < -0.4 is 16.4 Å². The number of ether oxygens (including phenoxy) is 3. The summed E-state index contributed by atoms with van der Waals surface area (Å²) in [6.07, 6.45) is 0. The normalized spacial score (nSPS) is 15.3. The lowest BCUT2D eigenvalue weighted by atomic mass is 10.1. The molecule has 2 aromatic rings. The Balaban J connectivity index is 1.68. The Hall–Kier alpha value is -3.58. The van der Waals surface area contributed by atoms with Gasteiger partial charge < -0.3 is 24.4 Å². The number of nitrogens with one attached hydrogen (secondary N) is 3. The van der Waals surface area contributed by atoms with Crippen LogP contribution in [0.5, 0.6) is 0 Å². The van der Waals surface area contributed by atoms with Crippen molar-refractivity contribution in [1.82, 2.24) is 21.1 Å². The number of oxime groups is 1. The number of methoxy groups -OCH3 is 1. The summed E-state index contributed by atoms with van der Waals surface area (Å²) in [4.78, 5) is 22.9. The molecule has 1 unspecified atom stereocenters. The lowest BCUT2D eigenvalue weighted by Crippen LogP contribution is -2.46. The molecule has 0 radical (unpaired) electrons. The van der Waals surface area contributed by atoms with Gasteiger partial charge in [0.15, 0.2) is 18.2 Å². The van der Waals surface area contributed by atoms with E-state index in [-0.39, 0.29) is 13.2 Å². The Morgan fingerprint density at radius 2 is 1.94 bits per heavy atom. The molecule has 0 spiro atoms. The maximum absolute atomic E-state index is 12.8. The van der Waals surface area contributed by atoms with E-state index in [9.17, 15) is 4.79 Å². The number of amides is 1. The number of amidine groups is 1. The number of benzene rings is 1. The topological polar surface area (TPSA) is 131 Å². The minimum atomic E-state index is -1.48. The molecule has 3 rings (SSSR count). The van der Waals surface area contributed by atoms with Gasteiger partial charge in [-0.05, 0) is 26.0 Å². The first kappa shape index (κ1) is 26.0. The molecular weight excluding hydrogens is 454 g/mol. The second-order valence-electron chi connectivity index (χ2n) is 7.49. The Morgan fingerprint density at radius 1 is 1.14 bits per heavy atom. The maximum Gasteiger partial charge on any atom is 0.285 e. The van der Waals surface area contributed by atoms with Gasteiger partial charge in [0.25, 0.3) is 5.91 Å². The first-order chi connectivity index (χ1) is 17.0. The van der Waals surface area contributed by atoms with Gasteiger partial charge in [0.05, 0.1) is 18.9 Å². The molecule has 0 aliphatic carbocycles. The molecular formula is C23H31N7O5. The van der Waals surface area contributed by atoms with Gasteiger partial charge in [0.1, 0.15) is 5.82 Å². The summed E-state index contributed by atoms with van der Waals surface area (Å²) >= 11 is 0. The van der Waals surface area contributed by atoms with Gasteiger partial charge in [-0.15, -0.1) is 10.6 Å². The Labute approximate surface area is 204 Å². The number of carbonyl (C=O) groups excluding carboxylic acids is 1. The monoisotopic (exact) mass is 485 g/mol. The maximum atomic E-state index is 12.8. The van der Waals surface area contributed by atoms with E-state index in [2.05, 4.69) is 31.6 Å². The van der Waals surface area contributed by atoms with Crippen LogP contribution in [0, 0.1) is 0 Å². The third-order valence-electron chi connectivity index (χ3n) is 4.87. The number of anilines is 1. The average molecular weight is 486 g/mol. The van der Waals surface area contributed by atoms with Crippen LogP contribution in [0.15, 0.2) is 58.8 Å². The van der Waals surface area contributed by atoms with Crippen LogP contribution in [-0.4, -0.2) is 67.2 Å². The number of hydrogen-bond acceptors (Lipinski definition) is 11. The van der Waals surface area contributed by atoms with E-state index >= 15 is 0 Å². The third-order valence-corrected chi connectivity index (χ3v) is 4.87. The summed E-state index contributed by atoms with van der Waals surface area (Å²) in [6, 6.07) is 14.8. The molecule has 1 aromatic carbocycles. The first-order valence-corrected chi connectivity index (χ1v) is 11.1. The lowest BCUT2D eigenvalue weighted by Gasteiger charge is -2.28. The highest BCUT2D eigenvalue weighted by molar-refractivity contribution is 6.47. The Morgan fingerprint density at radius 3 is 2.63 bits per heavy atom. The van der Waals surface area contributed by atoms with Gasteiger partial charge >= 0.3 is 0 Å². The summed E-state index contributed by atoms with van der Waals surface area (Å²) in [5, 5.41) is 12.9. The van der Waals surface area contributed by atoms with Gasteiger partial charge in [0.2, 0.25) is 5.79 Å². The van der Waals surface area contributed by atoms with Crippen LogP contribution in [0.25, 0.3) is 0 Å². The number of rotatable bonds is 13. The van der Waals surface area contributed by atoms with Gasteiger partial charge in [-0.3, -0.25) is 9.80 Å². The molecule has 1 aromatic heterocycles. The Kier molecular flexibility index (Phi) is 9.49. The molecule has 1 atom stereocenters. The van der Waals surface area contributed by atoms with E-state index in [1.165, 1.54) is 0 Å². The van der Waals surface area contributed by atoms with Crippen molar-refractivity contribution >= 4 is 23.3 Å². The molecule has 35 heavy (non-hydrogen) atoms. The number of likely N-dealkylation sites (N-methyl/N-ethyl adjacent to an activating group) is 1. The highest BCUT2D eigenvalue weighted by Crippen LogP contribution is 2.17. The zero-order chi connectivity index (χ0) is 25.1. The SMILES string of the molecule is CCOC(C)(OCCOC)C(=O)Nc1cccc(CO/N=C(\C2=NNNN2C)c2ccccc2)n1. The lowest BCUT2D eigenvalue weighted by molar-refractivity contribution is -0.219. The van der Waals surface area contributed by atoms with Crippen molar-refractivity contribution in [2.24, 2.45) is 10.3 Å². The molecule has 0 saturated carbocycles. The average Bonchev–Trinajstić information content (AvgIpc) is 3.28. The zero-order valence-corrected chi connectivity index (χ0v) is 20.3. The summed E-state index contributed by atoms with van der Waals surface area (Å²) < 4.78 is 16.1. The van der Waals surface area contributed by atoms with Crippen molar-refractivity contribution in [3.8, 4) is 0 Å². The molecule has 0 saturated heterocycles. The smallest absolute Gasteiger partial charge is 0.285 e. The quantitative estimate of drug-likeness (QED) is 0.168. The van der Waals surface area contributed by atoms with Crippen molar-refractivity contribution < 1.29 is 23.8 Å². The highest BCUT2D eigenvalue weighted by atomic mass is 16.7. The summed E-state index contributed by atoms with van der Waals surface area (Å²) in [5.74, 6) is -1.06. The van der Waals surface area contributed by atoms with Crippen molar-refractivity contribution in [1.29, 1.82) is 0 Å². The van der Waals surface area contributed by atoms with Crippen LogP contribution in [0.1, 0.15) is 25.1 Å². The number of nitrogens with zero attached hydrogens (tertiary/aromatic N) is 4. The van der Waals surface area contributed by atoms with E-state index in [1.54, 1.807) is 51.2 Å². The minimum absolute atomic E-state index is 0.0744. The minimum Gasteiger partial charge on any atom is -0.389 e. The number of aromatic nitrogens is 1. The molecule has 12 heteroatoms. The summed E-state index contributed by atoms with van der Waals surface area (Å²) in [5.41, 5.74) is 7.48. The van der Waals surface area contributed by atoms with Gasteiger partial charge in [0, 0.05) is 26.3 Å². The van der Waals surface area contributed by atoms with Gasteiger partial charge in [-0.25, -0.2) is 10.5 Å². The number of pyridine rings is 1.